The van der Waals surface area contributed by atoms with Crippen molar-refractivity contribution in [1.29, 1.82) is 0 Å². The Bertz CT molecular complexity index is 566. The van der Waals surface area contributed by atoms with Gasteiger partial charge in [0.2, 0.25) is 5.91 Å². The number of ketones is 1. The summed E-state index contributed by atoms with van der Waals surface area (Å²) in [6.07, 6.45) is 2.38. The average molecular weight is 347 g/mol. The van der Waals surface area contributed by atoms with Gasteiger partial charge in [0, 0.05) is 31.5 Å². The van der Waals surface area contributed by atoms with E-state index < -0.39 is 0 Å². The van der Waals surface area contributed by atoms with Gasteiger partial charge in [-0.2, -0.15) is 0 Å². The number of nitrogens with zero attached hydrogens (tertiary/aromatic N) is 1. The first-order valence-corrected chi connectivity index (χ1v) is 9.01. The fraction of sp³-hybridized carbons (Fsp3) is 0.550. The van der Waals surface area contributed by atoms with Crippen LogP contribution in [0.5, 0.6) is 0 Å². The normalized spacial score (nSPS) is 10.4. The maximum Gasteiger partial charge on any atom is 0.307 e. The molecule has 138 valence electrons. The minimum atomic E-state index is -0.299. The van der Waals surface area contributed by atoms with Gasteiger partial charge in [-0.25, -0.2) is 0 Å². The molecular weight excluding hydrogens is 318 g/mol. The molecule has 0 fully saturated rings. The van der Waals surface area contributed by atoms with E-state index in [1.165, 1.54) is 0 Å². The standard InChI is InChI=1S/C20H29NO4/c1-4-6-14-21(15-13-20(24)25-5-2)19(23)12-11-18(22)17-9-7-16(3)8-10-17/h7-10H,4-6,11-15H2,1-3H3. The Morgan fingerprint density at radius 1 is 0.960 bits per heavy atom. The van der Waals surface area contributed by atoms with Crippen LogP contribution in [0.3, 0.4) is 0 Å². The highest BCUT2D eigenvalue weighted by Crippen LogP contribution is 2.10. The lowest BCUT2D eigenvalue weighted by atomic mass is 10.0. The molecule has 1 rings (SSSR count). The fourth-order valence-electron chi connectivity index (χ4n) is 2.43. The van der Waals surface area contributed by atoms with Crippen molar-refractivity contribution in [2.45, 2.75) is 52.9 Å². The van der Waals surface area contributed by atoms with E-state index >= 15 is 0 Å². The van der Waals surface area contributed by atoms with Crippen LogP contribution in [0.15, 0.2) is 24.3 Å². The van der Waals surface area contributed by atoms with E-state index in [1.54, 1.807) is 24.0 Å². The Kier molecular flexibility index (Phi) is 9.51. The molecule has 0 aromatic heterocycles. The van der Waals surface area contributed by atoms with Gasteiger partial charge in [0.15, 0.2) is 5.78 Å². The molecule has 0 heterocycles. The van der Waals surface area contributed by atoms with Crippen molar-refractivity contribution in [2.24, 2.45) is 0 Å². The van der Waals surface area contributed by atoms with Gasteiger partial charge in [-0.1, -0.05) is 43.2 Å². The molecule has 5 nitrogen and oxygen atoms in total. The molecule has 0 bridgehead atoms. The summed E-state index contributed by atoms with van der Waals surface area (Å²) >= 11 is 0. The van der Waals surface area contributed by atoms with Crippen LogP contribution in [0.4, 0.5) is 0 Å². The second-order valence-corrected chi connectivity index (χ2v) is 6.08. The molecule has 0 aliphatic carbocycles. The number of carbonyl (C=O) groups is 3. The Morgan fingerprint density at radius 3 is 2.24 bits per heavy atom. The molecule has 25 heavy (non-hydrogen) atoms. The second kappa shape index (κ2) is 11.4. The molecule has 0 saturated carbocycles. The number of amides is 1. The monoisotopic (exact) mass is 347 g/mol. The maximum atomic E-state index is 12.4. The molecule has 0 saturated heterocycles. The molecule has 0 aliphatic rings. The van der Waals surface area contributed by atoms with Crippen LogP contribution in [0, 0.1) is 6.92 Å². The highest BCUT2D eigenvalue weighted by Gasteiger charge is 2.17. The molecular formula is C20H29NO4. The van der Waals surface area contributed by atoms with E-state index in [-0.39, 0.29) is 36.9 Å². The molecule has 0 radical (unpaired) electrons. The van der Waals surface area contributed by atoms with Gasteiger partial charge < -0.3 is 9.64 Å². The van der Waals surface area contributed by atoms with Gasteiger partial charge in [0.1, 0.15) is 0 Å². The molecule has 0 atom stereocenters. The zero-order chi connectivity index (χ0) is 18.7. The summed E-state index contributed by atoms with van der Waals surface area (Å²) in [5.41, 5.74) is 1.72. The molecule has 1 aromatic rings. The van der Waals surface area contributed by atoms with Gasteiger partial charge in [-0.15, -0.1) is 0 Å². The highest BCUT2D eigenvalue weighted by atomic mass is 16.5. The Hall–Kier alpha value is -2.17. The van der Waals surface area contributed by atoms with Crippen LogP contribution < -0.4 is 0 Å². The van der Waals surface area contributed by atoms with E-state index in [2.05, 4.69) is 6.92 Å². The molecule has 0 aliphatic heterocycles. The first-order chi connectivity index (χ1) is 12.0. The molecule has 5 heteroatoms. The van der Waals surface area contributed by atoms with Crippen molar-refractivity contribution < 1.29 is 19.1 Å². The number of rotatable bonds is 11. The average Bonchev–Trinajstić information content (AvgIpc) is 2.60. The summed E-state index contributed by atoms with van der Waals surface area (Å²) in [5.74, 6) is -0.417. The van der Waals surface area contributed by atoms with Gasteiger partial charge >= 0.3 is 5.97 Å². The maximum absolute atomic E-state index is 12.4. The van der Waals surface area contributed by atoms with E-state index in [0.29, 0.717) is 25.3 Å². The van der Waals surface area contributed by atoms with Crippen LogP contribution in [0.25, 0.3) is 0 Å². The lowest BCUT2D eigenvalue weighted by Crippen LogP contribution is -2.34. The zero-order valence-electron chi connectivity index (χ0n) is 15.5. The number of ether oxygens (including phenoxy) is 1. The van der Waals surface area contributed by atoms with Gasteiger partial charge in [-0.05, 0) is 20.3 Å². The number of benzene rings is 1. The summed E-state index contributed by atoms with van der Waals surface area (Å²) in [6, 6.07) is 7.36. The van der Waals surface area contributed by atoms with Crippen LogP contribution in [0.1, 0.15) is 61.9 Å². The lowest BCUT2D eigenvalue weighted by Gasteiger charge is -2.22. The number of esters is 1. The molecule has 0 N–H and O–H groups in total. The molecule has 0 spiro atoms. The van der Waals surface area contributed by atoms with Crippen LogP contribution >= 0.6 is 0 Å². The van der Waals surface area contributed by atoms with Crippen LogP contribution in [0.2, 0.25) is 0 Å². The number of hydrogen-bond acceptors (Lipinski definition) is 4. The molecule has 1 aromatic carbocycles. The largest absolute Gasteiger partial charge is 0.466 e. The van der Waals surface area contributed by atoms with Crippen molar-refractivity contribution in [2.75, 3.05) is 19.7 Å². The quantitative estimate of drug-likeness (QED) is 0.454. The third-order valence-corrected chi connectivity index (χ3v) is 3.96. The first-order valence-electron chi connectivity index (χ1n) is 9.01. The van der Waals surface area contributed by atoms with Crippen molar-refractivity contribution in [1.82, 2.24) is 4.90 Å². The van der Waals surface area contributed by atoms with Gasteiger partial charge in [0.25, 0.3) is 0 Å². The summed E-state index contributed by atoms with van der Waals surface area (Å²) in [5, 5.41) is 0. The Labute approximate surface area is 150 Å². The minimum absolute atomic E-state index is 0.0332. The van der Waals surface area contributed by atoms with E-state index in [1.807, 2.05) is 19.1 Å². The third kappa shape index (κ3) is 7.96. The SMILES string of the molecule is CCCCN(CCC(=O)OCC)C(=O)CCC(=O)c1ccc(C)cc1. The summed E-state index contributed by atoms with van der Waals surface area (Å²) in [4.78, 5) is 37.8. The van der Waals surface area contributed by atoms with Crippen molar-refractivity contribution in [3.05, 3.63) is 35.4 Å². The van der Waals surface area contributed by atoms with Crippen LogP contribution in [-0.2, 0) is 14.3 Å². The predicted molar refractivity (Wildman–Crippen MR) is 97.5 cm³/mol. The number of Topliss-reactive ketones (excluding diaryl/α,β-unsaturated/α-hetero) is 1. The molecule has 0 unspecified atom stereocenters. The number of aryl methyl sites for hydroxylation is 1. The van der Waals surface area contributed by atoms with E-state index in [4.69, 9.17) is 4.74 Å². The highest BCUT2D eigenvalue weighted by molar-refractivity contribution is 5.98. The summed E-state index contributed by atoms with van der Waals surface area (Å²) in [7, 11) is 0. The summed E-state index contributed by atoms with van der Waals surface area (Å²) in [6.45, 7) is 7.06. The predicted octanol–water partition coefficient (Wildman–Crippen LogP) is 3.54. The molecule has 1 amide bonds. The number of carbonyl (C=O) groups excluding carboxylic acids is 3. The number of hydrogen-bond donors (Lipinski definition) is 0. The topological polar surface area (TPSA) is 63.7 Å². The van der Waals surface area contributed by atoms with Crippen molar-refractivity contribution in [3.63, 3.8) is 0 Å². The van der Waals surface area contributed by atoms with Crippen LogP contribution in [-0.4, -0.2) is 42.3 Å². The van der Waals surface area contributed by atoms with Crippen molar-refractivity contribution >= 4 is 17.7 Å². The van der Waals surface area contributed by atoms with Crippen molar-refractivity contribution in [3.8, 4) is 0 Å². The van der Waals surface area contributed by atoms with E-state index in [9.17, 15) is 14.4 Å². The minimum Gasteiger partial charge on any atom is -0.466 e. The van der Waals surface area contributed by atoms with Gasteiger partial charge in [0.05, 0.1) is 13.0 Å². The van der Waals surface area contributed by atoms with E-state index in [0.717, 1.165) is 18.4 Å². The first kappa shape index (κ1) is 20.9. The zero-order valence-corrected chi connectivity index (χ0v) is 15.5. The lowest BCUT2D eigenvalue weighted by molar-refractivity contribution is -0.144. The Balaban J connectivity index is 2.53. The fourth-order valence-corrected chi connectivity index (χ4v) is 2.43. The Morgan fingerprint density at radius 2 is 1.64 bits per heavy atom. The second-order valence-electron chi connectivity index (χ2n) is 6.08. The van der Waals surface area contributed by atoms with Gasteiger partial charge in [-0.3, -0.25) is 14.4 Å². The smallest absolute Gasteiger partial charge is 0.307 e. The third-order valence-electron chi connectivity index (χ3n) is 3.96. The summed E-state index contributed by atoms with van der Waals surface area (Å²) < 4.78 is 4.91. The number of unbranched alkanes of at least 4 members (excludes halogenated alkanes) is 1.